The lowest BCUT2D eigenvalue weighted by Gasteiger charge is -2.40. The number of rotatable bonds is 4. The van der Waals surface area contributed by atoms with E-state index in [4.69, 9.17) is 4.98 Å². The van der Waals surface area contributed by atoms with E-state index in [0.717, 1.165) is 86.9 Å². The summed E-state index contributed by atoms with van der Waals surface area (Å²) in [7, 11) is 0. The quantitative estimate of drug-likeness (QED) is 0.622. The second-order valence-corrected chi connectivity index (χ2v) is 9.91. The van der Waals surface area contributed by atoms with Crippen molar-refractivity contribution in [2.24, 2.45) is 0 Å². The number of carbonyl (C=O) groups is 1. The Hall–Kier alpha value is -3.45. The molecule has 0 saturated carbocycles. The average molecular weight is 469 g/mol. The third kappa shape index (κ3) is 4.48. The Labute approximate surface area is 206 Å². The molecule has 7 nitrogen and oxygen atoms in total. The van der Waals surface area contributed by atoms with Crippen molar-refractivity contribution in [2.45, 2.75) is 38.8 Å². The molecule has 0 aliphatic carbocycles. The summed E-state index contributed by atoms with van der Waals surface area (Å²) in [5.74, 6) is 1.06. The highest BCUT2D eigenvalue weighted by atomic mass is 16.2. The van der Waals surface area contributed by atoms with Crippen molar-refractivity contribution in [3.8, 4) is 11.1 Å². The number of piperidine rings is 1. The normalized spacial score (nSPS) is 20.3. The van der Waals surface area contributed by atoms with Crippen molar-refractivity contribution >= 4 is 23.1 Å². The van der Waals surface area contributed by atoms with Gasteiger partial charge >= 0.3 is 0 Å². The van der Waals surface area contributed by atoms with Crippen LogP contribution >= 0.6 is 0 Å². The monoisotopic (exact) mass is 468 g/mol. The molecule has 3 aromatic rings. The van der Waals surface area contributed by atoms with Gasteiger partial charge in [-0.1, -0.05) is 18.2 Å². The average Bonchev–Trinajstić information content (AvgIpc) is 2.90. The summed E-state index contributed by atoms with van der Waals surface area (Å²) in [6.07, 6.45) is 7.10. The van der Waals surface area contributed by atoms with Gasteiger partial charge in [0.1, 0.15) is 6.04 Å². The highest BCUT2D eigenvalue weighted by Crippen LogP contribution is 2.35. The smallest absolute Gasteiger partial charge is 0.247 e. The zero-order chi connectivity index (χ0) is 23.8. The fourth-order valence-corrected chi connectivity index (χ4v) is 5.51. The van der Waals surface area contributed by atoms with Crippen molar-refractivity contribution in [1.29, 1.82) is 0 Å². The van der Waals surface area contributed by atoms with Gasteiger partial charge in [0.2, 0.25) is 5.91 Å². The minimum atomic E-state index is -0.0506. The second kappa shape index (κ2) is 9.30. The van der Waals surface area contributed by atoms with Gasteiger partial charge in [-0.25, -0.2) is 4.98 Å². The summed E-state index contributed by atoms with van der Waals surface area (Å²) < 4.78 is 0. The van der Waals surface area contributed by atoms with Crippen molar-refractivity contribution in [1.82, 2.24) is 14.9 Å². The molecule has 5 heterocycles. The zero-order valence-corrected chi connectivity index (χ0v) is 20.3. The number of hydrogen-bond acceptors (Lipinski definition) is 6. The number of amides is 1. The van der Waals surface area contributed by atoms with Gasteiger partial charge in [0.15, 0.2) is 5.82 Å². The van der Waals surface area contributed by atoms with Gasteiger partial charge < -0.3 is 15.1 Å². The van der Waals surface area contributed by atoms with Gasteiger partial charge in [0, 0.05) is 68.6 Å². The molecule has 1 unspecified atom stereocenters. The number of fused-ring (bicyclic) bond motifs is 3. The van der Waals surface area contributed by atoms with Crippen LogP contribution in [0, 0.1) is 6.92 Å². The van der Waals surface area contributed by atoms with Crippen molar-refractivity contribution in [2.75, 3.05) is 47.8 Å². The summed E-state index contributed by atoms with van der Waals surface area (Å²) in [5.41, 5.74) is 6.68. The molecule has 35 heavy (non-hydrogen) atoms. The topological polar surface area (TPSA) is 64.6 Å². The van der Waals surface area contributed by atoms with E-state index in [2.05, 4.69) is 67.5 Å². The summed E-state index contributed by atoms with van der Waals surface area (Å²) >= 11 is 0. The van der Waals surface area contributed by atoms with E-state index in [0.29, 0.717) is 0 Å². The molecule has 0 spiro atoms. The SMILES string of the molecule is Cc1ccc(-c2ccc(N3CCN(Cc4cnc5c(c4)NC(=O)C4CCCCN54)CC3)cc2)cn1. The molecule has 0 bridgehead atoms. The van der Waals surface area contributed by atoms with Crippen LogP contribution in [0.2, 0.25) is 0 Å². The number of nitrogens with zero attached hydrogens (tertiary/aromatic N) is 5. The van der Waals surface area contributed by atoms with Crippen LogP contribution in [0.3, 0.4) is 0 Å². The highest BCUT2D eigenvalue weighted by molar-refractivity contribution is 6.02. The molecule has 2 aromatic heterocycles. The van der Waals surface area contributed by atoms with Crippen LogP contribution in [0.1, 0.15) is 30.5 Å². The molecule has 1 aromatic carbocycles. The number of hydrogen-bond donors (Lipinski definition) is 1. The number of piperazine rings is 1. The van der Waals surface area contributed by atoms with Crippen LogP contribution < -0.4 is 15.1 Å². The Bertz CT molecular complexity index is 1200. The number of pyridine rings is 2. The molecular weight excluding hydrogens is 436 g/mol. The lowest BCUT2D eigenvalue weighted by Crippen LogP contribution is -2.51. The molecule has 180 valence electrons. The Morgan fingerprint density at radius 1 is 0.914 bits per heavy atom. The zero-order valence-electron chi connectivity index (χ0n) is 20.3. The van der Waals surface area contributed by atoms with Crippen LogP contribution in [0.4, 0.5) is 17.2 Å². The van der Waals surface area contributed by atoms with E-state index < -0.39 is 0 Å². The Balaban J connectivity index is 1.07. The first-order chi connectivity index (χ1) is 17.1. The summed E-state index contributed by atoms with van der Waals surface area (Å²) in [4.78, 5) is 28.9. The number of benzene rings is 1. The standard InChI is InChI=1S/C28H32N6O/c1-20-5-6-23(18-29-20)22-7-9-24(10-8-22)33-14-12-32(13-15-33)19-21-16-25-27(30-17-21)34-11-3-2-4-26(34)28(35)31-25/h5-10,16-18,26H,2-4,11-15,19H2,1H3,(H,31,35). The third-order valence-corrected chi connectivity index (χ3v) is 7.51. The largest absolute Gasteiger partial charge is 0.369 e. The molecule has 3 aliphatic rings. The van der Waals surface area contributed by atoms with E-state index in [9.17, 15) is 4.79 Å². The summed E-state index contributed by atoms with van der Waals surface area (Å²) in [6, 6.07) is 15.1. The Morgan fingerprint density at radius 2 is 1.71 bits per heavy atom. The van der Waals surface area contributed by atoms with E-state index in [1.807, 2.05) is 19.3 Å². The maximum Gasteiger partial charge on any atom is 0.247 e. The second-order valence-electron chi connectivity index (χ2n) is 9.91. The predicted octanol–water partition coefficient (Wildman–Crippen LogP) is 4.09. The Morgan fingerprint density at radius 3 is 2.49 bits per heavy atom. The molecule has 6 rings (SSSR count). The van der Waals surface area contributed by atoms with Gasteiger partial charge in [-0.3, -0.25) is 14.7 Å². The molecule has 7 heteroatoms. The first-order valence-electron chi connectivity index (χ1n) is 12.7. The molecule has 3 aliphatic heterocycles. The first kappa shape index (κ1) is 22.0. The van der Waals surface area contributed by atoms with E-state index >= 15 is 0 Å². The van der Waals surface area contributed by atoms with Gasteiger partial charge in [0.25, 0.3) is 0 Å². The van der Waals surface area contributed by atoms with E-state index in [1.165, 1.54) is 11.3 Å². The lowest BCUT2D eigenvalue weighted by molar-refractivity contribution is -0.118. The maximum absolute atomic E-state index is 12.6. The molecule has 1 N–H and O–H groups in total. The van der Waals surface area contributed by atoms with Crippen LogP contribution in [-0.4, -0.2) is 59.5 Å². The number of nitrogens with one attached hydrogen (secondary N) is 1. The molecule has 2 fully saturated rings. The highest BCUT2D eigenvalue weighted by Gasteiger charge is 2.35. The number of carbonyl (C=O) groups excluding carboxylic acids is 1. The van der Waals surface area contributed by atoms with Crippen LogP contribution in [0.15, 0.2) is 54.9 Å². The van der Waals surface area contributed by atoms with E-state index in [-0.39, 0.29) is 11.9 Å². The number of aryl methyl sites for hydroxylation is 1. The summed E-state index contributed by atoms with van der Waals surface area (Å²) in [6.45, 7) is 7.78. The molecule has 2 saturated heterocycles. The minimum absolute atomic E-state index is 0.0506. The van der Waals surface area contributed by atoms with Crippen LogP contribution in [-0.2, 0) is 11.3 Å². The molecule has 0 radical (unpaired) electrons. The van der Waals surface area contributed by atoms with Gasteiger partial charge in [-0.05, 0) is 61.6 Å². The fraction of sp³-hybridized carbons (Fsp3) is 0.393. The number of aromatic nitrogens is 2. The molecular formula is C28H32N6O. The Kier molecular flexibility index (Phi) is 5.86. The van der Waals surface area contributed by atoms with Crippen molar-refractivity contribution < 1.29 is 4.79 Å². The lowest BCUT2D eigenvalue weighted by atomic mass is 9.99. The van der Waals surface area contributed by atoms with Crippen LogP contribution in [0.25, 0.3) is 11.1 Å². The maximum atomic E-state index is 12.6. The number of anilines is 3. The molecule has 1 atom stereocenters. The van der Waals surface area contributed by atoms with Crippen LogP contribution in [0.5, 0.6) is 0 Å². The summed E-state index contributed by atoms with van der Waals surface area (Å²) in [5, 5.41) is 3.11. The first-order valence-corrected chi connectivity index (χ1v) is 12.7. The molecule has 1 amide bonds. The van der Waals surface area contributed by atoms with Gasteiger partial charge in [0.05, 0.1) is 5.69 Å². The third-order valence-electron chi connectivity index (χ3n) is 7.51. The fourth-order valence-electron chi connectivity index (χ4n) is 5.51. The van der Waals surface area contributed by atoms with Crippen molar-refractivity contribution in [3.63, 3.8) is 0 Å². The van der Waals surface area contributed by atoms with Gasteiger partial charge in [-0.2, -0.15) is 0 Å². The van der Waals surface area contributed by atoms with Crippen molar-refractivity contribution in [3.05, 3.63) is 66.1 Å². The van der Waals surface area contributed by atoms with E-state index in [1.54, 1.807) is 0 Å². The predicted molar refractivity (Wildman–Crippen MR) is 140 cm³/mol. The van der Waals surface area contributed by atoms with Gasteiger partial charge in [-0.15, -0.1) is 0 Å². The minimum Gasteiger partial charge on any atom is -0.369 e.